The molecule has 1 rings (SSSR count). The first-order valence-corrected chi connectivity index (χ1v) is 6.13. The summed E-state index contributed by atoms with van der Waals surface area (Å²) in [5.74, 6) is 0.257. The van der Waals surface area contributed by atoms with Crippen LogP contribution in [0.15, 0.2) is 0 Å². The number of hydrogen-bond donors (Lipinski definition) is 0. The van der Waals surface area contributed by atoms with Crippen molar-refractivity contribution in [2.75, 3.05) is 39.8 Å². The lowest BCUT2D eigenvalue weighted by molar-refractivity contribution is -0.136. The van der Waals surface area contributed by atoms with Crippen molar-refractivity contribution in [3.63, 3.8) is 0 Å². The molecule has 4 nitrogen and oxygen atoms in total. The van der Waals surface area contributed by atoms with Crippen LogP contribution < -0.4 is 0 Å². The Morgan fingerprint density at radius 1 is 1.56 bits per heavy atom. The molecule has 1 unspecified atom stereocenters. The van der Waals surface area contributed by atoms with Crippen LogP contribution in [0.2, 0.25) is 0 Å². The summed E-state index contributed by atoms with van der Waals surface area (Å²) >= 11 is 0. The smallest absolute Gasteiger partial charge is 0.224 e. The van der Waals surface area contributed by atoms with Crippen molar-refractivity contribution in [3.05, 3.63) is 0 Å². The molecule has 4 heteroatoms. The van der Waals surface area contributed by atoms with E-state index >= 15 is 0 Å². The molecule has 1 amide bonds. The highest BCUT2D eigenvalue weighted by Crippen LogP contribution is 2.08. The number of carbonyl (C=O) groups excluding carboxylic acids is 1. The Kier molecular flexibility index (Phi) is 5.22. The maximum atomic E-state index is 11.7. The van der Waals surface area contributed by atoms with Gasteiger partial charge in [0.1, 0.15) is 0 Å². The summed E-state index contributed by atoms with van der Waals surface area (Å²) in [6, 6.07) is 0. The van der Waals surface area contributed by atoms with Gasteiger partial charge in [0, 0.05) is 32.6 Å². The minimum atomic E-state index is 0.0656. The number of rotatable bonds is 4. The third-order valence-corrected chi connectivity index (χ3v) is 3.02. The van der Waals surface area contributed by atoms with E-state index in [1.54, 1.807) is 4.90 Å². The molecular formula is C12H24N2O2. The highest BCUT2D eigenvalue weighted by atomic mass is 16.5. The van der Waals surface area contributed by atoms with Gasteiger partial charge in [-0.2, -0.15) is 0 Å². The summed E-state index contributed by atoms with van der Waals surface area (Å²) in [5.41, 5.74) is 0. The molecule has 0 spiro atoms. The zero-order valence-corrected chi connectivity index (χ0v) is 10.9. The Morgan fingerprint density at radius 3 is 2.81 bits per heavy atom. The van der Waals surface area contributed by atoms with Crippen molar-refractivity contribution in [1.82, 2.24) is 9.80 Å². The quantitative estimate of drug-likeness (QED) is 0.714. The van der Waals surface area contributed by atoms with Gasteiger partial charge in [0.15, 0.2) is 0 Å². The monoisotopic (exact) mass is 228 g/mol. The first-order valence-electron chi connectivity index (χ1n) is 6.13. The van der Waals surface area contributed by atoms with Crippen molar-refractivity contribution in [2.24, 2.45) is 5.92 Å². The lowest BCUT2D eigenvalue weighted by Gasteiger charge is -2.34. The van der Waals surface area contributed by atoms with Crippen molar-refractivity contribution < 1.29 is 9.53 Å². The van der Waals surface area contributed by atoms with Crippen LogP contribution in [0.4, 0.5) is 0 Å². The molecule has 1 saturated heterocycles. The zero-order valence-electron chi connectivity index (χ0n) is 10.9. The minimum Gasteiger partial charge on any atom is -0.374 e. The van der Waals surface area contributed by atoms with Crippen LogP contribution in [-0.4, -0.2) is 61.6 Å². The lowest BCUT2D eigenvalue weighted by atomic mass is 10.2. The van der Waals surface area contributed by atoms with Crippen LogP contribution in [0.5, 0.6) is 0 Å². The fraction of sp³-hybridized carbons (Fsp3) is 0.917. The number of ether oxygens (including phenoxy) is 1. The summed E-state index contributed by atoms with van der Waals surface area (Å²) in [4.78, 5) is 15.9. The van der Waals surface area contributed by atoms with Crippen molar-refractivity contribution >= 4 is 5.91 Å². The second-order valence-electron chi connectivity index (χ2n) is 4.76. The van der Waals surface area contributed by atoms with E-state index in [-0.39, 0.29) is 17.9 Å². The van der Waals surface area contributed by atoms with Crippen molar-refractivity contribution in [1.29, 1.82) is 0 Å². The predicted molar refractivity (Wildman–Crippen MR) is 64.3 cm³/mol. The molecular weight excluding hydrogens is 204 g/mol. The normalized spacial score (nSPS) is 22.4. The molecule has 0 bridgehead atoms. The van der Waals surface area contributed by atoms with Gasteiger partial charge in [-0.3, -0.25) is 9.69 Å². The summed E-state index contributed by atoms with van der Waals surface area (Å²) in [6.07, 6.45) is 0.168. The van der Waals surface area contributed by atoms with E-state index in [2.05, 4.69) is 11.8 Å². The van der Waals surface area contributed by atoms with Gasteiger partial charge in [-0.1, -0.05) is 20.8 Å². The van der Waals surface area contributed by atoms with E-state index in [1.165, 1.54) is 0 Å². The third kappa shape index (κ3) is 3.76. The molecule has 16 heavy (non-hydrogen) atoms. The van der Waals surface area contributed by atoms with Crippen LogP contribution in [0, 0.1) is 5.92 Å². The summed E-state index contributed by atoms with van der Waals surface area (Å²) in [5, 5.41) is 0. The molecule has 1 fully saturated rings. The standard InChI is InChI=1S/C12H24N2O2/c1-5-14-6-7-16-11(9-14)8-13(4)12(15)10(2)3/h10-11H,5-9H2,1-4H3. The van der Waals surface area contributed by atoms with Gasteiger partial charge in [0.25, 0.3) is 0 Å². The van der Waals surface area contributed by atoms with Crippen LogP contribution in [-0.2, 0) is 9.53 Å². The first kappa shape index (κ1) is 13.5. The number of amides is 1. The van der Waals surface area contributed by atoms with Crippen molar-refractivity contribution in [3.8, 4) is 0 Å². The third-order valence-electron chi connectivity index (χ3n) is 3.02. The van der Waals surface area contributed by atoms with Gasteiger partial charge < -0.3 is 9.64 Å². The Balaban J connectivity index is 2.38. The Hall–Kier alpha value is -0.610. The van der Waals surface area contributed by atoms with E-state index < -0.39 is 0 Å². The molecule has 1 aliphatic heterocycles. The molecule has 0 saturated carbocycles. The summed E-state index contributed by atoms with van der Waals surface area (Å²) in [7, 11) is 1.86. The second kappa shape index (κ2) is 6.21. The Morgan fingerprint density at radius 2 is 2.25 bits per heavy atom. The van der Waals surface area contributed by atoms with Gasteiger partial charge in [-0.25, -0.2) is 0 Å². The van der Waals surface area contributed by atoms with Crippen LogP contribution in [0.1, 0.15) is 20.8 Å². The zero-order chi connectivity index (χ0) is 12.1. The van der Waals surface area contributed by atoms with Gasteiger partial charge in [0.05, 0.1) is 12.7 Å². The SMILES string of the molecule is CCN1CCOC(CN(C)C(=O)C(C)C)C1. The molecule has 0 N–H and O–H groups in total. The van der Waals surface area contributed by atoms with E-state index in [0.717, 1.165) is 26.2 Å². The maximum Gasteiger partial charge on any atom is 0.224 e. The van der Waals surface area contributed by atoms with E-state index in [0.29, 0.717) is 6.54 Å². The molecule has 0 aromatic heterocycles. The fourth-order valence-corrected chi connectivity index (χ4v) is 2.01. The van der Waals surface area contributed by atoms with Crippen LogP contribution >= 0.6 is 0 Å². The van der Waals surface area contributed by atoms with Gasteiger partial charge in [-0.15, -0.1) is 0 Å². The highest BCUT2D eigenvalue weighted by Gasteiger charge is 2.23. The largest absolute Gasteiger partial charge is 0.374 e. The van der Waals surface area contributed by atoms with Gasteiger partial charge in [0.2, 0.25) is 5.91 Å². The first-order chi connectivity index (χ1) is 7.54. The molecule has 0 aliphatic carbocycles. The highest BCUT2D eigenvalue weighted by molar-refractivity contribution is 5.77. The lowest BCUT2D eigenvalue weighted by Crippen LogP contribution is -2.48. The predicted octanol–water partition coefficient (Wildman–Crippen LogP) is 0.821. The average molecular weight is 228 g/mol. The maximum absolute atomic E-state index is 11.7. The van der Waals surface area contributed by atoms with Crippen LogP contribution in [0.25, 0.3) is 0 Å². The summed E-state index contributed by atoms with van der Waals surface area (Å²) in [6.45, 7) is 10.5. The van der Waals surface area contributed by atoms with Crippen molar-refractivity contribution in [2.45, 2.75) is 26.9 Å². The Labute approximate surface area is 98.5 Å². The molecule has 1 aliphatic rings. The molecule has 0 radical (unpaired) electrons. The van der Waals surface area contributed by atoms with Crippen LogP contribution in [0.3, 0.4) is 0 Å². The molecule has 0 aromatic carbocycles. The van der Waals surface area contributed by atoms with Gasteiger partial charge in [-0.05, 0) is 6.54 Å². The number of hydrogen-bond acceptors (Lipinski definition) is 3. The minimum absolute atomic E-state index is 0.0656. The molecule has 1 atom stereocenters. The second-order valence-corrected chi connectivity index (χ2v) is 4.76. The molecule has 1 heterocycles. The number of likely N-dealkylation sites (N-methyl/N-ethyl adjacent to an activating group) is 2. The van der Waals surface area contributed by atoms with Gasteiger partial charge >= 0.3 is 0 Å². The molecule has 94 valence electrons. The van der Waals surface area contributed by atoms with E-state index in [1.807, 2.05) is 20.9 Å². The van der Waals surface area contributed by atoms with E-state index in [4.69, 9.17) is 4.74 Å². The number of carbonyl (C=O) groups is 1. The summed E-state index contributed by atoms with van der Waals surface area (Å²) < 4.78 is 5.68. The average Bonchev–Trinajstić information content (AvgIpc) is 2.28. The topological polar surface area (TPSA) is 32.8 Å². The van der Waals surface area contributed by atoms with E-state index in [9.17, 15) is 4.79 Å². The fourth-order valence-electron chi connectivity index (χ4n) is 2.01. The number of nitrogens with zero attached hydrogens (tertiary/aromatic N) is 2. The number of morpholine rings is 1. The molecule has 0 aromatic rings. The Bertz CT molecular complexity index is 231.